The highest BCUT2D eigenvalue weighted by molar-refractivity contribution is 7.93. The van der Waals surface area contributed by atoms with Crippen molar-refractivity contribution >= 4 is 17.9 Å². The summed E-state index contributed by atoms with van der Waals surface area (Å²) < 4.78 is 0. The minimum atomic E-state index is -1.86. The van der Waals surface area contributed by atoms with Gasteiger partial charge in [-0.25, -0.2) is 0 Å². The van der Waals surface area contributed by atoms with Crippen LogP contribution in [0.5, 0.6) is 0 Å². The first-order chi connectivity index (χ1) is 13.3. The molecule has 27 heavy (non-hydrogen) atoms. The topological polar surface area (TPSA) is 0 Å². The second-order valence-corrected chi connectivity index (χ2v) is 9.96. The third kappa shape index (κ3) is 4.18. The average molecular weight is 369 g/mol. The van der Waals surface area contributed by atoms with Crippen LogP contribution in [0, 0.1) is 0 Å². The van der Waals surface area contributed by atoms with E-state index in [2.05, 4.69) is 110 Å². The van der Waals surface area contributed by atoms with Crippen molar-refractivity contribution in [1.82, 2.24) is 0 Å². The lowest BCUT2D eigenvalue weighted by molar-refractivity contribution is 1.39. The third-order valence-electron chi connectivity index (χ3n) is 4.83. The molecule has 0 nitrogen and oxygen atoms in total. The number of hydrogen-bond acceptors (Lipinski definition) is 0. The van der Waals surface area contributed by atoms with Gasteiger partial charge in [0.2, 0.25) is 0 Å². The van der Waals surface area contributed by atoms with E-state index < -0.39 is 7.26 Å². The van der Waals surface area contributed by atoms with Crippen LogP contribution in [0.2, 0.25) is 0 Å². The normalized spacial score (nSPS) is 14.4. The zero-order valence-corrected chi connectivity index (χ0v) is 16.6. The van der Waals surface area contributed by atoms with Gasteiger partial charge in [-0.15, -0.1) is 0 Å². The van der Waals surface area contributed by atoms with E-state index in [1.165, 1.54) is 21.5 Å². The number of hydrogen-bond donors (Lipinski definition) is 0. The predicted octanol–water partition coefficient (Wildman–Crippen LogP) is 6.35. The van der Waals surface area contributed by atoms with Crippen molar-refractivity contribution in [3.8, 4) is 0 Å². The Morgan fingerprint density at radius 3 is 2.07 bits per heavy atom. The summed E-state index contributed by atoms with van der Waals surface area (Å²) in [6.07, 6.45) is 19.0. The standard InChI is InChI=1S/C26H26P/c1-3-15-23(4-2)22-27(25-18-11-7-12-19-25,26-20-13-8-14-21-26)24-16-9-5-6-10-17-24/h3-9,11-21H,1-2,10,22H2/q+1/b23-15+. The van der Waals surface area contributed by atoms with E-state index in [1.54, 1.807) is 0 Å². The Labute approximate surface area is 164 Å². The summed E-state index contributed by atoms with van der Waals surface area (Å²) in [5, 5.41) is 4.21. The summed E-state index contributed by atoms with van der Waals surface area (Å²) in [4.78, 5) is 0. The van der Waals surface area contributed by atoms with Crippen LogP contribution in [0.15, 0.2) is 133 Å². The minimum Gasteiger partial charge on any atom is -0.0991 e. The summed E-state index contributed by atoms with van der Waals surface area (Å²) in [5.41, 5.74) is 1.22. The highest BCUT2D eigenvalue weighted by atomic mass is 31.2. The van der Waals surface area contributed by atoms with Gasteiger partial charge in [0.25, 0.3) is 0 Å². The lowest BCUT2D eigenvalue weighted by Gasteiger charge is -2.29. The van der Waals surface area contributed by atoms with Crippen molar-refractivity contribution in [3.05, 3.63) is 133 Å². The highest BCUT2D eigenvalue weighted by Crippen LogP contribution is 2.65. The van der Waals surface area contributed by atoms with Gasteiger partial charge in [0.05, 0.1) is 6.16 Å². The van der Waals surface area contributed by atoms with Gasteiger partial charge in [0.15, 0.2) is 0 Å². The van der Waals surface area contributed by atoms with Gasteiger partial charge in [-0.3, -0.25) is 0 Å². The van der Waals surface area contributed by atoms with Gasteiger partial charge >= 0.3 is 0 Å². The maximum Gasteiger partial charge on any atom is 0.116 e. The molecule has 1 aliphatic rings. The molecule has 0 N–H and O–H groups in total. The monoisotopic (exact) mass is 369 g/mol. The van der Waals surface area contributed by atoms with E-state index in [4.69, 9.17) is 0 Å². The molecule has 1 aliphatic carbocycles. The molecular formula is C26H26P+. The molecule has 2 aromatic rings. The zero-order chi connectivity index (χ0) is 19.0. The van der Waals surface area contributed by atoms with Gasteiger partial charge in [-0.05, 0) is 48.4 Å². The van der Waals surface area contributed by atoms with Gasteiger partial charge in [-0.1, -0.05) is 86.0 Å². The molecule has 0 unspecified atom stereocenters. The van der Waals surface area contributed by atoms with Crippen LogP contribution in [-0.2, 0) is 0 Å². The van der Waals surface area contributed by atoms with Crippen LogP contribution < -0.4 is 10.6 Å². The SMILES string of the molecule is C=C/C=C(\C=C)C[P+](C1=CCC=CC=C1)(c1ccccc1)c1ccccc1. The molecule has 0 saturated heterocycles. The van der Waals surface area contributed by atoms with Crippen molar-refractivity contribution in [2.24, 2.45) is 0 Å². The van der Waals surface area contributed by atoms with Crippen LogP contribution in [0.3, 0.4) is 0 Å². The Morgan fingerprint density at radius 1 is 0.889 bits per heavy atom. The molecule has 0 atom stereocenters. The van der Waals surface area contributed by atoms with Crippen molar-refractivity contribution in [1.29, 1.82) is 0 Å². The van der Waals surface area contributed by atoms with Crippen LogP contribution in [0.1, 0.15) is 6.42 Å². The summed E-state index contributed by atoms with van der Waals surface area (Å²) in [5.74, 6) is 0. The fourth-order valence-corrected chi connectivity index (χ4v) is 7.89. The zero-order valence-electron chi connectivity index (χ0n) is 15.7. The summed E-state index contributed by atoms with van der Waals surface area (Å²) in [7, 11) is -1.86. The Kier molecular flexibility index (Phi) is 6.58. The summed E-state index contributed by atoms with van der Waals surface area (Å²) >= 11 is 0. The Hall–Kier alpha value is -2.69. The Bertz CT molecular complexity index is 856. The van der Waals surface area contributed by atoms with E-state index >= 15 is 0 Å². The van der Waals surface area contributed by atoms with Crippen molar-refractivity contribution < 1.29 is 0 Å². The second kappa shape index (κ2) is 9.31. The fourth-order valence-electron chi connectivity index (χ4n) is 3.55. The van der Waals surface area contributed by atoms with Gasteiger partial charge in [0, 0.05) is 0 Å². The molecule has 3 rings (SSSR count). The maximum atomic E-state index is 4.07. The maximum absolute atomic E-state index is 4.07. The molecule has 0 aromatic heterocycles. The molecule has 0 bridgehead atoms. The molecule has 0 radical (unpaired) electrons. The van der Waals surface area contributed by atoms with Crippen LogP contribution in [-0.4, -0.2) is 6.16 Å². The molecule has 2 aromatic carbocycles. The molecule has 0 aliphatic heterocycles. The van der Waals surface area contributed by atoms with Crippen LogP contribution in [0.4, 0.5) is 0 Å². The Balaban J connectivity index is 2.31. The third-order valence-corrected chi connectivity index (χ3v) is 9.24. The van der Waals surface area contributed by atoms with Crippen molar-refractivity contribution in [2.75, 3.05) is 6.16 Å². The van der Waals surface area contributed by atoms with E-state index in [-0.39, 0.29) is 0 Å². The van der Waals surface area contributed by atoms with E-state index in [9.17, 15) is 0 Å². The first kappa shape index (κ1) is 19.1. The first-order valence-electron chi connectivity index (χ1n) is 9.28. The van der Waals surface area contributed by atoms with Gasteiger partial charge in [-0.2, -0.15) is 0 Å². The predicted molar refractivity (Wildman–Crippen MR) is 123 cm³/mol. The summed E-state index contributed by atoms with van der Waals surface area (Å²) in [6, 6.07) is 21.9. The molecule has 0 fully saturated rings. The molecule has 0 saturated carbocycles. The summed E-state index contributed by atoms with van der Waals surface area (Å²) in [6.45, 7) is 7.97. The Morgan fingerprint density at radius 2 is 1.52 bits per heavy atom. The molecule has 0 amide bonds. The molecule has 0 spiro atoms. The fraction of sp³-hybridized carbons (Fsp3) is 0.0769. The van der Waals surface area contributed by atoms with E-state index in [0.29, 0.717) is 0 Å². The number of allylic oxidation sites excluding steroid dienone is 10. The van der Waals surface area contributed by atoms with E-state index in [0.717, 1.165) is 12.6 Å². The van der Waals surface area contributed by atoms with Gasteiger partial charge in [0.1, 0.15) is 23.2 Å². The lowest BCUT2D eigenvalue weighted by Crippen LogP contribution is -2.26. The smallest absolute Gasteiger partial charge is 0.0991 e. The quantitative estimate of drug-likeness (QED) is 0.394. The highest BCUT2D eigenvalue weighted by Gasteiger charge is 2.46. The second-order valence-electron chi connectivity index (χ2n) is 6.47. The van der Waals surface area contributed by atoms with E-state index in [1.807, 2.05) is 12.2 Å². The van der Waals surface area contributed by atoms with Crippen molar-refractivity contribution in [3.63, 3.8) is 0 Å². The average Bonchev–Trinajstić information content (AvgIpc) is 3.02. The largest absolute Gasteiger partial charge is 0.116 e. The van der Waals surface area contributed by atoms with Crippen LogP contribution in [0.25, 0.3) is 0 Å². The van der Waals surface area contributed by atoms with Crippen molar-refractivity contribution in [2.45, 2.75) is 6.42 Å². The molecular weight excluding hydrogens is 343 g/mol. The lowest BCUT2D eigenvalue weighted by atomic mass is 10.3. The number of rotatable bonds is 7. The van der Waals surface area contributed by atoms with Crippen LogP contribution >= 0.6 is 7.26 Å². The molecule has 0 heterocycles. The van der Waals surface area contributed by atoms with Gasteiger partial charge < -0.3 is 0 Å². The minimum absolute atomic E-state index is 0.937. The molecule has 134 valence electrons. The first-order valence-corrected chi connectivity index (χ1v) is 11.3. The number of benzene rings is 2. The molecule has 1 heteroatoms.